The minimum Gasteiger partial charge on any atom is -0.496 e. The van der Waals surface area contributed by atoms with Gasteiger partial charge in [0.2, 0.25) is 0 Å². The molecule has 0 radical (unpaired) electrons. The predicted molar refractivity (Wildman–Crippen MR) is 67.6 cm³/mol. The first-order valence-corrected chi connectivity index (χ1v) is 5.51. The molecule has 0 saturated carbocycles. The maximum absolute atomic E-state index is 10.6. The highest BCUT2D eigenvalue weighted by Crippen LogP contribution is 2.29. The molecule has 2 aromatic rings. The number of nitrogens with zero attached hydrogens (tertiary/aromatic N) is 1. The van der Waals surface area contributed by atoms with Crippen LogP contribution in [0.25, 0.3) is 11.1 Å². The van der Waals surface area contributed by atoms with Crippen LogP contribution in [-0.2, 0) is 11.2 Å². The highest BCUT2D eigenvalue weighted by atomic mass is 16.5. The number of methoxy groups -OCH3 is 1. The summed E-state index contributed by atoms with van der Waals surface area (Å²) >= 11 is 0. The Labute approximate surface area is 105 Å². The van der Waals surface area contributed by atoms with Crippen LogP contribution in [0, 0.1) is 0 Å². The van der Waals surface area contributed by atoms with Gasteiger partial charge < -0.3 is 9.84 Å². The summed E-state index contributed by atoms with van der Waals surface area (Å²) in [6, 6.07) is 11.4. The van der Waals surface area contributed by atoms with Gasteiger partial charge in [-0.1, -0.05) is 30.3 Å². The van der Waals surface area contributed by atoms with Crippen molar-refractivity contribution < 1.29 is 14.6 Å². The summed E-state index contributed by atoms with van der Waals surface area (Å²) in [7, 11) is 1.56. The largest absolute Gasteiger partial charge is 0.496 e. The smallest absolute Gasteiger partial charge is 0.309 e. The summed E-state index contributed by atoms with van der Waals surface area (Å²) in [5.74, 6) is -0.274. The maximum atomic E-state index is 10.6. The van der Waals surface area contributed by atoms with Gasteiger partial charge in [-0.25, -0.2) is 0 Å². The van der Waals surface area contributed by atoms with Crippen molar-refractivity contribution in [1.29, 1.82) is 0 Å². The Bertz CT molecular complexity index is 552. The fourth-order valence-electron chi connectivity index (χ4n) is 1.73. The number of carboxylic acids is 1. The van der Waals surface area contributed by atoms with Crippen LogP contribution in [0.1, 0.15) is 5.69 Å². The zero-order chi connectivity index (χ0) is 13.0. The van der Waals surface area contributed by atoms with Crippen molar-refractivity contribution in [2.45, 2.75) is 6.42 Å². The van der Waals surface area contributed by atoms with Crippen molar-refractivity contribution in [3.05, 3.63) is 48.3 Å². The van der Waals surface area contributed by atoms with Gasteiger partial charge in [0.25, 0.3) is 0 Å². The van der Waals surface area contributed by atoms with Crippen molar-refractivity contribution >= 4 is 5.97 Å². The molecule has 0 aliphatic carbocycles. The van der Waals surface area contributed by atoms with Gasteiger partial charge >= 0.3 is 5.97 Å². The molecule has 4 heteroatoms. The summed E-state index contributed by atoms with van der Waals surface area (Å²) in [6.07, 6.45) is 1.54. The normalized spacial score (nSPS) is 10.1. The molecule has 0 amide bonds. The average molecular weight is 243 g/mol. The summed E-state index contributed by atoms with van der Waals surface area (Å²) in [5.41, 5.74) is 2.33. The van der Waals surface area contributed by atoms with Crippen LogP contribution in [0.15, 0.2) is 42.6 Å². The van der Waals surface area contributed by atoms with Crippen molar-refractivity contribution in [3.8, 4) is 16.9 Å². The van der Waals surface area contributed by atoms with E-state index in [-0.39, 0.29) is 6.42 Å². The molecule has 1 heterocycles. The van der Waals surface area contributed by atoms with E-state index in [0.717, 1.165) is 11.1 Å². The van der Waals surface area contributed by atoms with Gasteiger partial charge in [-0.15, -0.1) is 0 Å². The van der Waals surface area contributed by atoms with Crippen LogP contribution >= 0.6 is 0 Å². The minimum absolute atomic E-state index is 0.106. The van der Waals surface area contributed by atoms with Crippen LogP contribution in [-0.4, -0.2) is 23.2 Å². The molecule has 18 heavy (non-hydrogen) atoms. The molecule has 1 aromatic carbocycles. The lowest BCUT2D eigenvalue weighted by molar-refractivity contribution is -0.136. The number of aliphatic carboxylic acids is 1. The molecule has 0 atom stereocenters. The van der Waals surface area contributed by atoms with E-state index in [0.29, 0.717) is 11.4 Å². The third-order valence-corrected chi connectivity index (χ3v) is 2.56. The summed E-state index contributed by atoms with van der Waals surface area (Å²) in [6.45, 7) is 0. The topological polar surface area (TPSA) is 59.4 Å². The van der Waals surface area contributed by atoms with Crippen molar-refractivity contribution in [2.75, 3.05) is 7.11 Å². The summed E-state index contributed by atoms with van der Waals surface area (Å²) in [4.78, 5) is 14.8. The fraction of sp³-hybridized carbons (Fsp3) is 0.143. The molecule has 0 saturated heterocycles. The van der Waals surface area contributed by atoms with E-state index in [4.69, 9.17) is 9.84 Å². The van der Waals surface area contributed by atoms with E-state index in [1.54, 1.807) is 19.4 Å². The second-order valence-corrected chi connectivity index (χ2v) is 3.81. The number of carboxylic acid groups (broad SMARTS) is 1. The van der Waals surface area contributed by atoms with E-state index >= 15 is 0 Å². The van der Waals surface area contributed by atoms with Gasteiger partial charge in [0, 0.05) is 17.8 Å². The van der Waals surface area contributed by atoms with Gasteiger partial charge in [0.1, 0.15) is 5.75 Å². The van der Waals surface area contributed by atoms with Crippen LogP contribution in [0.2, 0.25) is 0 Å². The number of benzene rings is 1. The monoisotopic (exact) mass is 243 g/mol. The lowest BCUT2D eigenvalue weighted by atomic mass is 10.1. The molecule has 0 aliphatic heterocycles. The summed E-state index contributed by atoms with van der Waals surface area (Å²) < 4.78 is 5.29. The van der Waals surface area contributed by atoms with Crippen LogP contribution in [0.4, 0.5) is 0 Å². The number of carbonyl (C=O) groups is 1. The zero-order valence-electron chi connectivity index (χ0n) is 9.96. The Morgan fingerprint density at radius 2 is 2.06 bits per heavy atom. The molecule has 0 unspecified atom stereocenters. The molecule has 92 valence electrons. The average Bonchev–Trinajstić information content (AvgIpc) is 2.39. The summed E-state index contributed by atoms with van der Waals surface area (Å²) in [5, 5.41) is 8.74. The minimum atomic E-state index is -0.906. The SMILES string of the molecule is COc1cc(CC(=O)O)ncc1-c1ccccc1. The fourth-order valence-corrected chi connectivity index (χ4v) is 1.73. The molecule has 1 aromatic heterocycles. The first-order chi connectivity index (χ1) is 8.70. The number of ether oxygens (including phenoxy) is 1. The van der Waals surface area contributed by atoms with Crippen molar-refractivity contribution in [2.24, 2.45) is 0 Å². The molecule has 4 nitrogen and oxygen atoms in total. The highest BCUT2D eigenvalue weighted by Gasteiger charge is 2.09. The Balaban J connectivity index is 2.41. The Morgan fingerprint density at radius 1 is 1.33 bits per heavy atom. The van der Waals surface area contributed by atoms with Crippen LogP contribution in [0.5, 0.6) is 5.75 Å². The van der Waals surface area contributed by atoms with Gasteiger partial charge in [-0.3, -0.25) is 9.78 Å². The lowest BCUT2D eigenvalue weighted by Crippen LogP contribution is -2.03. The second-order valence-electron chi connectivity index (χ2n) is 3.81. The van der Waals surface area contributed by atoms with E-state index in [2.05, 4.69) is 4.98 Å². The lowest BCUT2D eigenvalue weighted by Gasteiger charge is -2.09. The van der Waals surface area contributed by atoms with Gasteiger partial charge in [-0.2, -0.15) is 0 Å². The van der Waals surface area contributed by atoms with E-state index < -0.39 is 5.97 Å². The van der Waals surface area contributed by atoms with E-state index in [1.165, 1.54) is 0 Å². The first kappa shape index (κ1) is 12.1. The molecule has 0 bridgehead atoms. The molecule has 0 spiro atoms. The van der Waals surface area contributed by atoms with E-state index in [1.807, 2.05) is 30.3 Å². The number of rotatable bonds is 4. The standard InChI is InChI=1S/C14H13NO3/c1-18-13-7-11(8-14(16)17)15-9-12(13)10-5-3-2-4-6-10/h2-7,9H,8H2,1H3,(H,16,17). The quantitative estimate of drug-likeness (QED) is 0.895. The van der Waals surface area contributed by atoms with Gasteiger partial charge in [0.05, 0.1) is 19.2 Å². The highest BCUT2D eigenvalue weighted by molar-refractivity contribution is 5.72. The van der Waals surface area contributed by atoms with Crippen molar-refractivity contribution in [3.63, 3.8) is 0 Å². The molecule has 2 rings (SSSR count). The van der Waals surface area contributed by atoms with Gasteiger partial charge in [-0.05, 0) is 5.56 Å². The Morgan fingerprint density at radius 3 is 2.67 bits per heavy atom. The van der Waals surface area contributed by atoms with Gasteiger partial charge in [0.15, 0.2) is 0 Å². The van der Waals surface area contributed by atoms with Crippen LogP contribution in [0.3, 0.4) is 0 Å². The number of aromatic nitrogens is 1. The Hall–Kier alpha value is -2.36. The zero-order valence-corrected chi connectivity index (χ0v) is 9.96. The number of hydrogen-bond acceptors (Lipinski definition) is 3. The number of pyridine rings is 1. The predicted octanol–water partition coefficient (Wildman–Crippen LogP) is 2.38. The first-order valence-electron chi connectivity index (χ1n) is 5.51. The molecule has 0 aliphatic rings. The third kappa shape index (κ3) is 2.66. The molecule has 1 N–H and O–H groups in total. The maximum Gasteiger partial charge on any atom is 0.309 e. The van der Waals surface area contributed by atoms with Crippen LogP contribution < -0.4 is 4.74 Å². The molecular formula is C14H13NO3. The van der Waals surface area contributed by atoms with Crippen molar-refractivity contribution in [1.82, 2.24) is 4.98 Å². The Kier molecular flexibility index (Phi) is 3.57. The number of hydrogen-bond donors (Lipinski definition) is 1. The molecule has 0 fully saturated rings. The second kappa shape index (κ2) is 5.31. The molecular weight excluding hydrogens is 230 g/mol. The van der Waals surface area contributed by atoms with E-state index in [9.17, 15) is 4.79 Å². The third-order valence-electron chi connectivity index (χ3n) is 2.56.